The Morgan fingerprint density at radius 3 is 2.90 bits per heavy atom. The lowest BCUT2D eigenvalue weighted by Crippen LogP contribution is -2.40. The highest BCUT2D eigenvalue weighted by molar-refractivity contribution is 9.10. The van der Waals surface area contributed by atoms with Crippen LogP contribution in [0, 0.1) is 17.3 Å². The molecule has 1 fully saturated rings. The number of carbonyl (C=O) groups excluding carboxylic acids is 2. The van der Waals surface area contributed by atoms with Gasteiger partial charge in [0.15, 0.2) is 6.19 Å². The summed E-state index contributed by atoms with van der Waals surface area (Å²) in [4.78, 5) is 25.4. The molecule has 1 heterocycles. The molecule has 0 unspecified atom stereocenters. The molecule has 1 aromatic carbocycles. The Morgan fingerprint density at radius 1 is 1.60 bits per heavy atom. The van der Waals surface area contributed by atoms with Gasteiger partial charge < -0.3 is 5.32 Å². The van der Waals surface area contributed by atoms with Crippen LogP contribution in [-0.4, -0.2) is 36.5 Å². The van der Waals surface area contributed by atoms with Crippen molar-refractivity contribution in [3.05, 3.63) is 28.5 Å². The van der Waals surface area contributed by atoms with E-state index in [0.29, 0.717) is 12.2 Å². The van der Waals surface area contributed by atoms with Gasteiger partial charge in [-0.1, -0.05) is 0 Å². The molecule has 1 aliphatic heterocycles. The van der Waals surface area contributed by atoms with Crippen LogP contribution in [0.15, 0.2) is 22.7 Å². The molecule has 0 radical (unpaired) electrons. The fourth-order valence-corrected chi connectivity index (χ4v) is 2.13. The number of nitrogens with zero attached hydrogens (tertiary/aromatic N) is 3. The van der Waals surface area contributed by atoms with E-state index in [9.17, 15) is 14.0 Å². The predicted octanol–water partition coefficient (Wildman–Crippen LogP) is 1.43. The van der Waals surface area contributed by atoms with E-state index >= 15 is 0 Å². The van der Waals surface area contributed by atoms with Gasteiger partial charge in [-0.05, 0) is 34.1 Å². The minimum atomic E-state index is -0.484. The highest BCUT2D eigenvalue weighted by Gasteiger charge is 2.27. The molecule has 8 heteroatoms. The molecule has 0 spiro atoms. The van der Waals surface area contributed by atoms with Gasteiger partial charge in [0, 0.05) is 13.1 Å². The van der Waals surface area contributed by atoms with Crippen molar-refractivity contribution >= 4 is 33.6 Å². The first-order chi connectivity index (χ1) is 9.52. The Balaban J connectivity index is 2.13. The summed E-state index contributed by atoms with van der Waals surface area (Å²) in [7, 11) is 0. The quantitative estimate of drug-likeness (QED) is 0.667. The number of halogens is 2. The molecule has 0 bridgehead atoms. The molecule has 0 aromatic heterocycles. The molecule has 20 heavy (non-hydrogen) atoms. The SMILES string of the molecule is N#CN(CC(=O)N1CCNC1=O)c1ccc(F)c(Br)c1. The molecular weight excluding hydrogens is 331 g/mol. The first-order valence-electron chi connectivity index (χ1n) is 5.73. The van der Waals surface area contributed by atoms with Crippen LogP contribution in [0.3, 0.4) is 0 Å². The number of rotatable bonds is 3. The third kappa shape index (κ3) is 2.88. The Labute approximate surface area is 122 Å². The van der Waals surface area contributed by atoms with Crippen LogP contribution in [0.1, 0.15) is 0 Å². The van der Waals surface area contributed by atoms with Crippen molar-refractivity contribution in [3.63, 3.8) is 0 Å². The number of nitrogens with one attached hydrogen (secondary N) is 1. The van der Waals surface area contributed by atoms with Crippen molar-refractivity contribution in [2.75, 3.05) is 24.5 Å². The molecule has 0 aliphatic carbocycles. The lowest BCUT2D eigenvalue weighted by atomic mass is 10.3. The van der Waals surface area contributed by atoms with Crippen molar-refractivity contribution < 1.29 is 14.0 Å². The van der Waals surface area contributed by atoms with Crippen molar-refractivity contribution in [2.45, 2.75) is 0 Å². The lowest BCUT2D eigenvalue weighted by Gasteiger charge is -2.18. The van der Waals surface area contributed by atoms with Gasteiger partial charge in [-0.3, -0.25) is 14.6 Å². The van der Waals surface area contributed by atoms with E-state index in [1.54, 1.807) is 0 Å². The molecule has 1 aliphatic rings. The van der Waals surface area contributed by atoms with Crippen LogP contribution in [0.4, 0.5) is 14.9 Å². The second kappa shape index (κ2) is 5.88. The largest absolute Gasteiger partial charge is 0.336 e. The molecule has 1 aromatic rings. The van der Waals surface area contributed by atoms with Crippen molar-refractivity contribution in [2.24, 2.45) is 0 Å². The van der Waals surface area contributed by atoms with Crippen molar-refractivity contribution in [1.29, 1.82) is 5.26 Å². The van der Waals surface area contributed by atoms with E-state index in [1.807, 2.05) is 6.19 Å². The highest BCUT2D eigenvalue weighted by atomic mass is 79.9. The van der Waals surface area contributed by atoms with E-state index < -0.39 is 17.8 Å². The summed E-state index contributed by atoms with van der Waals surface area (Å²) in [5.74, 6) is -0.945. The zero-order valence-electron chi connectivity index (χ0n) is 10.3. The molecule has 6 nitrogen and oxygen atoms in total. The highest BCUT2D eigenvalue weighted by Crippen LogP contribution is 2.22. The van der Waals surface area contributed by atoms with Gasteiger partial charge in [0.1, 0.15) is 12.4 Å². The topological polar surface area (TPSA) is 76.4 Å². The molecule has 2 rings (SSSR count). The van der Waals surface area contributed by atoms with Crippen LogP contribution in [0.25, 0.3) is 0 Å². The summed E-state index contributed by atoms with van der Waals surface area (Å²) in [6.07, 6.45) is 1.85. The molecule has 1 saturated heterocycles. The monoisotopic (exact) mass is 340 g/mol. The molecular formula is C12H10BrFN4O2. The average Bonchev–Trinajstić information content (AvgIpc) is 2.85. The number of hydrogen-bond donors (Lipinski definition) is 1. The Hall–Kier alpha value is -2.14. The maximum absolute atomic E-state index is 13.1. The molecule has 1 N–H and O–H groups in total. The van der Waals surface area contributed by atoms with E-state index in [0.717, 1.165) is 9.80 Å². The second-order valence-electron chi connectivity index (χ2n) is 4.06. The van der Waals surface area contributed by atoms with Crippen LogP contribution < -0.4 is 10.2 Å². The summed E-state index contributed by atoms with van der Waals surface area (Å²) in [6.45, 7) is 0.408. The number of hydrogen-bond acceptors (Lipinski definition) is 4. The van der Waals surface area contributed by atoms with Gasteiger partial charge in [-0.15, -0.1) is 0 Å². The number of carbonyl (C=O) groups is 2. The summed E-state index contributed by atoms with van der Waals surface area (Å²) in [6, 6.07) is 3.51. The fourth-order valence-electron chi connectivity index (χ4n) is 1.77. The van der Waals surface area contributed by atoms with Gasteiger partial charge in [0.05, 0.1) is 10.2 Å². The summed E-state index contributed by atoms with van der Waals surface area (Å²) in [5.41, 5.74) is 0.369. The van der Waals surface area contributed by atoms with Crippen molar-refractivity contribution in [3.8, 4) is 6.19 Å². The third-order valence-corrected chi connectivity index (χ3v) is 3.39. The number of anilines is 1. The molecule has 0 atom stereocenters. The normalized spacial score (nSPS) is 13.8. The Morgan fingerprint density at radius 2 is 2.35 bits per heavy atom. The number of nitriles is 1. The van der Waals surface area contributed by atoms with Gasteiger partial charge in [0.2, 0.25) is 0 Å². The first-order valence-corrected chi connectivity index (χ1v) is 6.52. The average molecular weight is 341 g/mol. The minimum Gasteiger partial charge on any atom is -0.336 e. The maximum atomic E-state index is 13.1. The van der Waals surface area contributed by atoms with E-state index in [2.05, 4.69) is 21.2 Å². The van der Waals surface area contributed by atoms with E-state index in [-0.39, 0.29) is 17.6 Å². The number of amides is 3. The van der Waals surface area contributed by atoms with Crippen LogP contribution in [0.2, 0.25) is 0 Å². The molecule has 0 saturated carbocycles. The zero-order valence-corrected chi connectivity index (χ0v) is 11.9. The van der Waals surface area contributed by atoms with E-state index in [4.69, 9.17) is 5.26 Å². The zero-order chi connectivity index (χ0) is 14.7. The van der Waals surface area contributed by atoms with E-state index in [1.165, 1.54) is 18.2 Å². The fraction of sp³-hybridized carbons (Fsp3) is 0.250. The van der Waals surface area contributed by atoms with Crippen molar-refractivity contribution in [1.82, 2.24) is 10.2 Å². The van der Waals surface area contributed by atoms with Gasteiger partial charge in [-0.25, -0.2) is 9.18 Å². The lowest BCUT2D eigenvalue weighted by molar-refractivity contribution is -0.126. The standard InChI is InChI=1S/C12H10BrFN4O2/c13-9-5-8(1-2-10(9)14)17(7-15)6-11(19)18-4-3-16-12(18)20/h1-2,5H,3-4,6H2,(H,16,20). The van der Waals surface area contributed by atoms with Gasteiger partial charge >= 0.3 is 6.03 Å². The van der Waals surface area contributed by atoms with Crippen LogP contribution in [0.5, 0.6) is 0 Å². The van der Waals surface area contributed by atoms with Crippen LogP contribution >= 0.6 is 15.9 Å². The summed E-state index contributed by atoms with van der Waals surface area (Å²) in [5, 5.41) is 11.6. The second-order valence-corrected chi connectivity index (χ2v) is 4.92. The Bertz CT molecular complexity index is 602. The third-order valence-electron chi connectivity index (χ3n) is 2.79. The minimum absolute atomic E-state index is 0.196. The first kappa shape index (κ1) is 14.3. The summed E-state index contributed by atoms with van der Waals surface area (Å²) < 4.78 is 13.3. The van der Waals surface area contributed by atoms with Gasteiger partial charge in [-0.2, -0.15) is 5.26 Å². The Kier molecular flexibility index (Phi) is 4.20. The predicted molar refractivity (Wildman–Crippen MR) is 72.2 cm³/mol. The van der Waals surface area contributed by atoms with Gasteiger partial charge in [0.25, 0.3) is 5.91 Å². The molecule has 104 valence electrons. The number of urea groups is 1. The molecule has 3 amide bonds. The van der Waals surface area contributed by atoms with Crippen LogP contribution in [-0.2, 0) is 4.79 Å². The summed E-state index contributed by atoms with van der Waals surface area (Å²) >= 11 is 3.02. The number of imide groups is 1. The maximum Gasteiger partial charge on any atom is 0.324 e. The smallest absolute Gasteiger partial charge is 0.324 e. The number of benzene rings is 1.